The number of para-hydroxylation sites is 2. The van der Waals surface area contributed by atoms with Crippen LogP contribution in [0, 0.1) is 0 Å². The van der Waals surface area contributed by atoms with Crippen LogP contribution in [0.2, 0.25) is 0 Å². The van der Waals surface area contributed by atoms with Crippen molar-refractivity contribution >= 4 is 23.2 Å². The number of hydrogen-bond acceptors (Lipinski definition) is 3. The van der Waals surface area contributed by atoms with Crippen LogP contribution in [0.25, 0.3) is 0 Å². The highest BCUT2D eigenvalue weighted by molar-refractivity contribution is 6.16. The predicted octanol–water partition coefficient (Wildman–Crippen LogP) is 3.51. The normalized spacial score (nSPS) is 20.5. The molecule has 2 heterocycles. The van der Waals surface area contributed by atoms with Crippen molar-refractivity contribution < 1.29 is 9.59 Å². The Bertz CT molecular complexity index is 830. The molecule has 0 radical (unpaired) electrons. The Balaban J connectivity index is 1.69. The van der Waals surface area contributed by atoms with Gasteiger partial charge in [0.1, 0.15) is 6.17 Å². The lowest BCUT2D eigenvalue weighted by molar-refractivity contribution is -0.120. The summed E-state index contributed by atoms with van der Waals surface area (Å²) in [6, 6.07) is 17.0. The van der Waals surface area contributed by atoms with Crippen LogP contribution in [0.4, 0.5) is 11.4 Å². The molecule has 5 nitrogen and oxygen atoms in total. The van der Waals surface area contributed by atoms with E-state index in [2.05, 4.69) is 4.90 Å². The van der Waals surface area contributed by atoms with Crippen LogP contribution < -0.4 is 9.80 Å². The fraction of sp³-hybridized carbons (Fsp3) is 0.364. The molecule has 2 aliphatic heterocycles. The maximum absolute atomic E-state index is 13.3. The van der Waals surface area contributed by atoms with Crippen LogP contribution in [0.1, 0.15) is 36.5 Å². The molecule has 0 aliphatic carbocycles. The molecule has 2 amide bonds. The van der Waals surface area contributed by atoms with Crippen molar-refractivity contribution in [3.8, 4) is 0 Å². The van der Waals surface area contributed by atoms with Crippen LogP contribution in [0.5, 0.6) is 0 Å². The maximum atomic E-state index is 13.3. The number of carbonyl (C=O) groups excluding carboxylic acids is 2. The van der Waals surface area contributed by atoms with Gasteiger partial charge in [-0.15, -0.1) is 0 Å². The molecule has 1 atom stereocenters. The molecule has 5 heteroatoms. The quantitative estimate of drug-likeness (QED) is 0.838. The largest absolute Gasteiger partial charge is 0.294 e. The Labute approximate surface area is 160 Å². The first-order chi connectivity index (χ1) is 13.2. The third-order valence-corrected chi connectivity index (χ3v) is 5.47. The van der Waals surface area contributed by atoms with Gasteiger partial charge < -0.3 is 0 Å². The minimum Gasteiger partial charge on any atom is -0.294 e. The molecule has 27 heavy (non-hydrogen) atoms. The molecule has 140 valence electrons. The van der Waals surface area contributed by atoms with Gasteiger partial charge in [-0.25, -0.2) is 0 Å². The average molecular weight is 363 g/mol. The van der Waals surface area contributed by atoms with Crippen molar-refractivity contribution in [2.75, 3.05) is 29.4 Å². The maximum Gasteiger partial charge on any atom is 0.262 e. The van der Waals surface area contributed by atoms with E-state index >= 15 is 0 Å². The van der Waals surface area contributed by atoms with Crippen molar-refractivity contribution in [2.24, 2.45) is 0 Å². The van der Waals surface area contributed by atoms with Crippen LogP contribution in [0.3, 0.4) is 0 Å². The Hall–Kier alpha value is -2.66. The average Bonchev–Trinajstić information content (AvgIpc) is 2.70. The van der Waals surface area contributed by atoms with E-state index in [1.807, 2.05) is 55.5 Å². The van der Waals surface area contributed by atoms with Gasteiger partial charge in [0.05, 0.1) is 17.8 Å². The summed E-state index contributed by atoms with van der Waals surface area (Å²) in [7, 11) is 0. The fourth-order valence-corrected chi connectivity index (χ4v) is 4.13. The zero-order valence-electron chi connectivity index (χ0n) is 15.7. The van der Waals surface area contributed by atoms with Gasteiger partial charge in [-0.05, 0) is 57.1 Å². The van der Waals surface area contributed by atoms with Crippen molar-refractivity contribution in [2.45, 2.75) is 32.4 Å². The number of fused-ring (bicyclic) bond motifs is 1. The van der Waals surface area contributed by atoms with Crippen LogP contribution in [-0.4, -0.2) is 42.5 Å². The minimum atomic E-state index is -0.368. The van der Waals surface area contributed by atoms with E-state index in [1.54, 1.807) is 15.9 Å². The number of nitrogens with zero attached hydrogens (tertiary/aromatic N) is 3. The minimum absolute atomic E-state index is 0.0466. The standard InChI is InChI=1S/C22H25N3O2/c1-17-24(18-10-4-2-5-11-18)22(27)19-12-6-7-13-20(19)25(17)21(26)16-23-14-8-3-9-15-23/h2,4-7,10-13,17H,3,8-9,14-16H2,1H3. The third kappa shape index (κ3) is 3.35. The molecule has 1 saturated heterocycles. The van der Waals surface area contributed by atoms with Crippen molar-refractivity contribution in [3.63, 3.8) is 0 Å². The molecule has 1 fully saturated rings. The summed E-state index contributed by atoms with van der Waals surface area (Å²) in [5.74, 6) is -0.0170. The second-order valence-electron chi connectivity index (χ2n) is 7.26. The van der Waals surface area contributed by atoms with E-state index in [-0.39, 0.29) is 18.0 Å². The van der Waals surface area contributed by atoms with E-state index in [9.17, 15) is 9.59 Å². The summed E-state index contributed by atoms with van der Waals surface area (Å²) in [6.45, 7) is 4.26. The molecular formula is C22H25N3O2. The number of anilines is 2. The number of benzene rings is 2. The van der Waals surface area contributed by atoms with E-state index in [4.69, 9.17) is 0 Å². The third-order valence-electron chi connectivity index (χ3n) is 5.47. The molecule has 0 aromatic heterocycles. The number of amides is 2. The first-order valence-electron chi connectivity index (χ1n) is 9.69. The molecule has 2 aromatic carbocycles. The summed E-state index contributed by atoms with van der Waals surface area (Å²) in [5.41, 5.74) is 2.09. The number of likely N-dealkylation sites (tertiary alicyclic amines) is 1. The van der Waals surface area contributed by atoms with E-state index in [0.29, 0.717) is 17.8 Å². The fourth-order valence-electron chi connectivity index (χ4n) is 4.13. The van der Waals surface area contributed by atoms with Gasteiger partial charge in [-0.3, -0.25) is 24.3 Å². The van der Waals surface area contributed by atoms with Gasteiger partial charge in [-0.1, -0.05) is 36.8 Å². The van der Waals surface area contributed by atoms with Crippen molar-refractivity contribution in [3.05, 3.63) is 60.2 Å². The predicted molar refractivity (Wildman–Crippen MR) is 107 cm³/mol. The first-order valence-corrected chi connectivity index (χ1v) is 9.69. The van der Waals surface area contributed by atoms with Gasteiger partial charge in [0.25, 0.3) is 5.91 Å². The number of hydrogen-bond donors (Lipinski definition) is 0. The molecular weight excluding hydrogens is 338 g/mol. The summed E-state index contributed by atoms with van der Waals surface area (Å²) in [4.78, 5) is 32.2. The van der Waals surface area contributed by atoms with Crippen LogP contribution >= 0.6 is 0 Å². The summed E-state index contributed by atoms with van der Waals surface area (Å²) < 4.78 is 0. The molecule has 0 spiro atoms. The van der Waals surface area contributed by atoms with Gasteiger partial charge in [0.2, 0.25) is 5.91 Å². The lowest BCUT2D eigenvalue weighted by Crippen LogP contribution is -2.58. The smallest absolute Gasteiger partial charge is 0.262 e. The molecule has 0 saturated carbocycles. The Morgan fingerprint density at radius 2 is 1.63 bits per heavy atom. The molecule has 2 aliphatic rings. The molecule has 1 unspecified atom stereocenters. The van der Waals surface area contributed by atoms with Crippen LogP contribution in [-0.2, 0) is 4.79 Å². The van der Waals surface area contributed by atoms with Gasteiger partial charge in [0.15, 0.2) is 0 Å². The zero-order chi connectivity index (χ0) is 18.8. The number of carbonyl (C=O) groups is 2. The Morgan fingerprint density at radius 1 is 0.963 bits per heavy atom. The zero-order valence-corrected chi connectivity index (χ0v) is 15.7. The summed E-state index contributed by atoms with van der Waals surface area (Å²) >= 11 is 0. The lowest BCUT2D eigenvalue weighted by Gasteiger charge is -2.43. The summed E-state index contributed by atoms with van der Waals surface area (Å²) in [6.07, 6.45) is 3.17. The number of piperidine rings is 1. The van der Waals surface area contributed by atoms with Crippen molar-refractivity contribution in [1.29, 1.82) is 0 Å². The molecule has 0 N–H and O–H groups in total. The van der Waals surface area contributed by atoms with Crippen molar-refractivity contribution in [1.82, 2.24) is 4.90 Å². The molecule has 0 bridgehead atoms. The number of rotatable bonds is 3. The molecule has 4 rings (SSSR count). The lowest BCUT2D eigenvalue weighted by atomic mass is 10.0. The van der Waals surface area contributed by atoms with Gasteiger partial charge in [-0.2, -0.15) is 0 Å². The van der Waals surface area contributed by atoms with E-state index < -0.39 is 0 Å². The van der Waals surface area contributed by atoms with E-state index in [0.717, 1.165) is 31.6 Å². The van der Waals surface area contributed by atoms with Gasteiger partial charge in [0, 0.05) is 5.69 Å². The highest BCUT2D eigenvalue weighted by atomic mass is 16.2. The Kier molecular flexibility index (Phi) is 4.94. The van der Waals surface area contributed by atoms with Crippen LogP contribution in [0.15, 0.2) is 54.6 Å². The van der Waals surface area contributed by atoms with E-state index in [1.165, 1.54) is 6.42 Å². The van der Waals surface area contributed by atoms with Gasteiger partial charge >= 0.3 is 0 Å². The topological polar surface area (TPSA) is 43.9 Å². The SMILES string of the molecule is CC1N(c2ccccc2)C(=O)c2ccccc2N1C(=O)CN1CCCCC1. The highest BCUT2D eigenvalue weighted by Gasteiger charge is 2.39. The monoisotopic (exact) mass is 363 g/mol. The Morgan fingerprint density at radius 3 is 2.37 bits per heavy atom. The summed E-state index contributed by atoms with van der Waals surface area (Å²) in [5, 5.41) is 0. The second-order valence-corrected chi connectivity index (χ2v) is 7.26. The molecule has 2 aromatic rings. The first kappa shape index (κ1) is 17.7. The second kappa shape index (κ2) is 7.53. The highest BCUT2D eigenvalue weighted by Crippen LogP contribution is 2.34.